The normalized spacial score (nSPS) is 10.0. The predicted octanol–water partition coefficient (Wildman–Crippen LogP) is 2.42. The molecule has 1 aromatic carbocycles. The van der Waals surface area contributed by atoms with Crippen LogP contribution in [0.15, 0.2) is 12.1 Å². The number of carbonyl (C=O) groups excluding carboxylic acids is 1. The quantitative estimate of drug-likeness (QED) is 0.734. The molecular formula is C13H18O3. The van der Waals surface area contributed by atoms with E-state index in [1.807, 2.05) is 26.0 Å². The summed E-state index contributed by atoms with van der Waals surface area (Å²) in [7, 11) is 1.62. The van der Waals surface area contributed by atoms with E-state index in [1.165, 1.54) is 0 Å². The van der Waals surface area contributed by atoms with Crippen LogP contribution < -0.4 is 4.74 Å². The van der Waals surface area contributed by atoms with E-state index in [1.54, 1.807) is 14.0 Å². The van der Waals surface area contributed by atoms with Crippen molar-refractivity contribution < 1.29 is 14.3 Å². The van der Waals surface area contributed by atoms with Gasteiger partial charge >= 0.3 is 5.97 Å². The maximum atomic E-state index is 11.4. The molecule has 1 aromatic rings. The van der Waals surface area contributed by atoms with E-state index in [0.717, 1.165) is 22.4 Å². The molecule has 0 unspecified atom stereocenters. The maximum Gasteiger partial charge on any atom is 0.310 e. The number of methoxy groups -OCH3 is 1. The Morgan fingerprint density at radius 3 is 2.56 bits per heavy atom. The highest BCUT2D eigenvalue weighted by molar-refractivity contribution is 5.74. The minimum atomic E-state index is -0.217. The Morgan fingerprint density at radius 2 is 2.00 bits per heavy atom. The lowest BCUT2D eigenvalue weighted by Gasteiger charge is -2.12. The van der Waals surface area contributed by atoms with Gasteiger partial charge in [-0.2, -0.15) is 0 Å². The molecule has 3 heteroatoms. The highest BCUT2D eigenvalue weighted by atomic mass is 16.5. The third-order valence-corrected chi connectivity index (χ3v) is 2.34. The van der Waals surface area contributed by atoms with Crippen molar-refractivity contribution in [1.29, 1.82) is 0 Å². The van der Waals surface area contributed by atoms with Gasteiger partial charge < -0.3 is 9.47 Å². The molecule has 1 rings (SSSR count). The Balaban J connectivity index is 2.97. The van der Waals surface area contributed by atoms with Crippen LogP contribution in [0.25, 0.3) is 0 Å². The first-order valence-electron chi connectivity index (χ1n) is 5.38. The van der Waals surface area contributed by atoms with Crippen LogP contribution in [0.3, 0.4) is 0 Å². The van der Waals surface area contributed by atoms with Crippen molar-refractivity contribution >= 4 is 5.97 Å². The van der Waals surface area contributed by atoms with Crippen molar-refractivity contribution in [2.24, 2.45) is 0 Å². The summed E-state index contributed by atoms with van der Waals surface area (Å²) in [6.07, 6.45) is 0.263. The van der Waals surface area contributed by atoms with E-state index >= 15 is 0 Å². The number of rotatable bonds is 4. The highest BCUT2D eigenvalue weighted by Gasteiger charge is 2.12. The summed E-state index contributed by atoms with van der Waals surface area (Å²) in [5, 5.41) is 0. The van der Waals surface area contributed by atoms with Gasteiger partial charge in [0, 0.05) is 5.56 Å². The smallest absolute Gasteiger partial charge is 0.310 e. The summed E-state index contributed by atoms with van der Waals surface area (Å²) in [5.41, 5.74) is 3.05. The van der Waals surface area contributed by atoms with Crippen molar-refractivity contribution in [1.82, 2.24) is 0 Å². The van der Waals surface area contributed by atoms with Gasteiger partial charge in [-0.1, -0.05) is 17.7 Å². The van der Waals surface area contributed by atoms with Gasteiger partial charge in [-0.25, -0.2) is 0 Å². The maximum absolute atomic E-state index is 11.4. The second-order valence-electron chi connectivity index (χ2n) is 3.76. The summed E-state index contributed by atoms with van der Waals surface area (Å²) in [6.45, 7) is 6.18. The Morgan fingerprint density at radius 1 is 1.31 bits per heavy atom. The summed E-state index contributed by atoms with van der Waals surface area (Å²) in [5.74, 6) is 0.560. The lowest BCUT2D eigenvalue weighted by molar-refractivity contribution is -0.142. The minimum absolute atomic E-state index is 0.217. The van der Waals surface area contributed by atoms with Crippen LogP contribution >= 0.6 is 0 Å². The van der Waals surface area contributed by atoms with Crippen molar-refractivity contribution in [3.8, 4) is 5.75 Å². The first-order chi connectivity index (χ1) is 7.58. The number of ether oxygens (including phenoxy) is 2. The van der Waals surface area contributed by atoms with Crippen LogP contribution in [0, 0.1) is 13.8 Å². The number of hydrogen-bond acceptors (Lipinski definition) is 3. The van der Waals surface area contributed by atoms with Crippen molar-refractivity contribution in [3.05, 3.63) is 28.8 Å². The molecule has 0 saturated carbocycles. The van der Waals surface area contributed by atoms with Crippen LogP contribution in [0.2, 0.25) is 0 Å². The monoisotopic (exact) mass is 222 g/mol. The Kier molecular flexibility index (Phi) is 4.35. The lowest BCUT2D eigenvalue weighted by Crippen LogP contribution is -2.09. The SMILES string of the molecule is CCOC(=O)Cc1cc(C)cc(C)c1OC. The fourth-order valence-corrected chi connectivity index (χ4v) is 1.83. The van der Waals surface area contributed by atoms with Gasteiger partial charge in [-0.15, -0.1) is 0 Å². The molecule has 0 aromatic heterocycles. The van der Waals surface area contributed by atoms with Gasteiger partial charge in [0.2, 0.25) is 0 Å². The van der Waals surface area contributed by atoms with Gasteiger partial charge in [-0.05, 0) is 26.3 Å². The van der Waals surface area contributed by atoms with Gasteiger partial charge in [0.15, 0.2) is 0 Å². The van der Waals surface area contributed by atoms with Crippen LogP contribution in [-0.2, 0) is 16.0 Å². The highest BCUT2D eigenvalue weighted by Crippen LogP contribution is 2.25. The minimum Gasteiger partial charge on any atom is -0.496 e. The molecule has 0 N–H and O–H groups in total. The van der Waals surface area contributed by atoms with Crippen LogP contribution in [0.4, 0.5) is 0 Å². The molecule has 0 aliphatic carbocycles. The van der Waals surface area contributed by atoms with E-state index in [0.29, 0.717) is 6.61 Å². The van der Waals surface area contributed by atoms with Gasteiger partial charge in [0.25, 0.3) is 0 Å². The van der Waals surface area contributed by atoms with E-state index in [-0.39, 0.29) is 12.4 Å². The Labute approximate surface area is 96.4 Å². The van der Waals surface area contributed by atoms with E-state index in [9.17, 15) is 4.79 Å². The predicted molar refractivity (Wildman–Crippen MR) is 62.8 cm³/mol. The summed E-state index contributed by atoms with van der Waals surface area (Å²) in [6, 6.07) is 4.00. The molecule has 0 aliphatic heterocycles. The summed E-state index contributed by atoms with van der Waals surface area (Å²) in [4.78, 5) is 11.4. The zero-order valence-corrected chi connectivity index (χ0v) is 10.3. The molecule has 0 radical (unpaired) electrons. The third kappa shape index (κ3) is 2.99. The standard InChI is InChI=1S/C13H18O3/c1-5-16-12(14)8-11-7-9(2)6-10(3)13(11)15-4/h6-7H,5,8H2,1-4H3. The number of esters is 1. The Hall–Kier alpha value is -1.51. The van der Waals surface area contributed by atoms with Crippen molar-refractivity contribution in [2.75, 3.05) is 13.7 Å². The average Bonchev–Trinajstić information content (AvgIpc) is 2.17. The van der Waals surface area contributed by atoms with E-state index in [4.69, 9.17) is 9.47 Å². The number of benzene rings is 1. The Bertz CT molecular complexity index is 383. The van der Waals surface area contributed by atoms with Gasteiger partial charge in [0.1, 0.15) is 5.75 Å². The topological polar surface area (TPSA) is 35.5 Å². The number of aryl methyl sites for hydroxylation is 2. The zero-order valence-electron chi connectivity index (χ0n) is 10.3. The molecule has 3 nitrogen and oxygen atoms in total. The molecule has 0 amide bonds. The number of carbonyl (C=O) groups is 1. The first kappa shape index (κ1) is 12.6. The second-order valence-corrected chi connectivity index (χ2v) is 3.76. The van der Waals surface area contributed by atoms with Crippen molar-refractivity contribution in [2.45, 2.75) is 27.2 Å². The lowest BCUT2D eigenvalue weighted by atomic mass is 10.0. The molecule has 0 fully saturated rings. The summed E-state index contributed by atoms with van der Waals surface area (Å²) >= 11 is 0. The molecule has 0 spiro atoms. The fraction of sp³-hybridized carbons (Fsp3) is 0.462. The van der Waals surface area contributed by atoms with Gasteiger partial charge in [0.05, 0.1) is 20.1 Å². The fourth-order valence-electron chi connectivity index (χ4n) is 1.83. The molecule has 0 aliphatic rings. The van der Waals surface area contributed by atoms with Crippen LogP contribution in [0.1, 0.15) is 23.6 Å². The molecule has 0 heterocycles. The average molecular weight is 222 g/mol. The van der Waals surface area contributed by atoms with Crippen LogP contribution in [0.5, 0.6) is 5.75 Å². The van der Waals surface area contributed by atoms with E-state index < -0.39 is 0 Å². The van der Waals surface area contributed by atoms with Gasteiger partial charge in [-0.3, -0.25) is 4.79 Å². The summed E-state index contributed by atoms with van der Waals surface area (Å²) < 4.78 is 10.2. The first-order valence-corrected chi connectivity index (χ1v) is 5.38. The molecule has 0 saturated heterocycles. The molecule has 88 valence electrons. The zero-order chi connectivity index (χ0) is 12.1. The molecular weight excluding hydrogens is 204 g/mol. The van der Waals surface area contributed by atoms with E-state index in [2.05, 4.69) is 0 Å². The molecule has 0 bridgehead atoms. The van der Waals surface area contributed by atoms with Crippen LogP contribution in [-0.4, -0.2) is 19.7 Å². The molecule has 16 heavy (non-hydrogen) atoms. The number of hydrogen-bond donors (Lipinski definition) is 0. The van der Waals surface area contributed by atoms with Crippen molar-refractivity contribution in [3.63, 3.8) is 0 Å². The molecule has 0 atom stereocenters. The second kappa shape index (κ2) is 5.54. The third-order valence-electron chi connectivity index (χ3n) is 2.34. The largest absolute Gasteiger partial charge is 0.496 e.